The smallest absolute Gasteiger partial charge is 0.133 e. The molecular weight excluding hydrogens is 264 g/mol. The minimum atomic E-state index is -0.611. The monoisotopic (exact) mass is 286 g/mol. The first-order valence-corrected chi connectivity index (χ1v) is 6.79. The molecule has 0 amide bonds. The topological polar surface area (TPSA) is 113 Å². The van der Waals surface area contributed by atoms with E-state index in [1.165, 1.54) is 0 Å². The van der Waals surface area contributed by atoms with E-state index < -0.39 is 12.3 Å². The average Bonchev–Trinajstić information content (AvgIpc) is 2.42. The van der Waals surface area contributed by atoms with Crippen molar-refractivity contribution in [3.8, 4) is 11.5 Å². The van der Waals surface area contributed by atoms with E-state index in [0.717, 1.165) is 22.3 Å². The predicted molar refractivity (Wildman–Crippen MR) is 84.7 cm³/mol. The normalized spacial score (nSPS) is 11.2. The first kappa shape index (κ1) is 15.5. The maximum absolute atomic E-state index is 5.95. The SMILES string of the molecule is Cc1ccc(Oc2ccc(C)cc2C(N)N)c(C(N)N)c1. The van der Waals surface area contributed by atoms with Crippen molar-refractivity contribution >= 4 is 0 Å². The highest BCUT2D eigenvalue weighted by Gasteiger charge is 2.14. The van der Waals surface area contributed by atoms with Gasteiger partial charge in [-0.05, 0) is 38.1 Å². The summed E-state index contributed by atoms with van der Waals surface area (Å²) in [6.07, 6.45) is -1.22. The van der Waals surface area contributed by atoms with Gasteiger partial charge in [0.2, 0.25) is 0 Å². The molecule has 0 atom stereocenters. The van der Waals surface area contributed by atoms with E-state index in [4.69, 9.17) is 27.7 Å². The van der Waals surface area contributed by atoms with Crippen LogP contribution in [0.5, 0.6) is 11.5 Å². The first-order valence-electron chi connectivity index (χ1n) is 6.79. The van der Waals surface area contributed by atoms with Crippen LogP contribution in [0.15, 0.2) is 36.4 Å². The number of hydrogen-bond acceptors (Lipinski definition) is 5. The molecule has 8 N–H and O–H groups in total. The first-order chi connectivity index (χ1) is 9.88. The van der Waals surface area contributed by atoms with E-state index in [0.29, 0.717) is 11.5 Å². The van der Waals surface area contributed by atoms with Gasteiger partial charge in [-0.15, -0.1) is 0 Å². The zero-order valence-corrected chi connectivity index (χ0v) is 12.3. The Morgan fingerprint density at radius 3 is 1.43 bits per heavy atom. The van der Waals surface area contributed by atoms with Crippen LogP contribution in [0, 0.1) is 13.8 Å². The van der Waals surface area contributed by atoms with Crippen molar-refractivity contribution < 1.29 is 4.74 Å². The highest BCUT2D eigenvalue weighted by Crippen LogP contribution is 2.32. The Balaban J connectivity index is 2.43. The fourth-order valence-electron chi connectivity index (χ4n) is 2.16. The predicted octanol–water partition coefficient (Wildman–Crippen LogP) is 1.93. The van der Waals surface area contributed by atoms with Crippen molar-refractivity contribution in [2.24, 2.45) is 22.9 Å². The van der Waals surface area contributed by atoms with Gasteiger partial charge in [-0.25, -0.2) is 0 Å². The lowest BCUT2D eigenvalue weighted by molar-refractivity contribution is 0.460. The molecule has 0 aliphatic carbocycles. The molecular formula is C16H22N4O. The van der Waals surface area contributed by atoms with Gasteiger partial charge in [0.15, 0.2) is 0 Å². The van der Waals surface area contributed by atoms with Crippen molar-refractivity contribution in [2.45, 2.75) is 26.2 Å². The lowest BCUT2D eigenvalue weighted by Gasteiger charge is -2.18. The van der Waals surface area contributed by atoms with Crippen LogP contribution < -0.4 is 27.7 Å². The summed E-state index contributed by atoms with van der Waals surface area (Å²) < 4.78 is 5.95. The number of hydrogen-bond donors (Lipinski definition) is 4. The molecule has 0 aliphatic heterocycles. The van der Waals surface area contributed by atoms with Crippen LogP contribution >= 0.6 is 0 Å². The fourth-order valence-corrected chi connectivity index (χ4v) is 2.16. The van der Waals surface area contributed by atoms with Gasteiger partial charge in [0.25, 0.3) is 0 Å². The number of nitrogens with two attached hydrogens (primary N) is 4. The van der Waals surface area contributed by atoms with Crippen LogP contribution in [0.1, 0.15) is 34.6 Å². The Bertz CT molecular complexity index is 583. The summed E-state index contributed by atoms with van der Waals surface area (Å²) in [6.45, 7) is 3.95. The van der Waals surface area contributed by atoms with Crippen molar-refractivity contribution in [2.75, 3.05) is 0 Å². The molecule has 112 valence electrons. The molecule has 0 spiro atoms. The Morgan fingerprint density at radius 2 is 1.10 bits per heavy atom. The summed E-state index contributed by atoms with van der Waals surface area (Å²) >= 11 is 0. The van der Waals surface area contributed by atoms with Crippen molar-refractivity contribution in [3.63, 3.8) is 0 Å². The van der Waals surface area contributed by atoms with Crippen LogP contribution in [0.2, 0.25) is 0 Å². The molecule has 0 heterocycles. The Labute approximate surface area is 124 Å². The van der Waals surface area contributed by atoms with E-state index in [1.807, 2.05) is 50.2 Å². The standard InChI is InChI=1S/C16H22N4O/c1-9-3-5-13(11(7-9)15(17)18)21-14-6-4-10(2)8-12(14)16(19)20/h3-8,15-16H,17-20H2,1-2H3. The van der Waals surface area contributed by atoms with Crippen LogP contribution in [0.25, 0.3) is 0 Å². The van der Waals surface area contributed by atoms with Crippen LogP contribution in [0.4, 0.5) is 0 Å². The third kappa shape index (κ3) is 3.59. The third-order valence-electron chi connectivity index (χ3n) is 3.27. The maximum atomic E-state index is 5.95. The molecule has 0 radical (unpaired) electrons. The second-order valence-corrected chi connectivity index (χ2v) is 5.24. The van der Waals surface area contributed by atoms with Gasteiger partial charge < -0.3 is 27.7 Å². The fraction of sp³-hybridized carbons (Fsp3) is 0.250. The molecule has 5 heteroatoms. The zero-order chi connectivity index (χ0) is 15.6. The molecule has 2 rings (SSSR count). The molecule has 2 aromatic rings. The number of aryl methyl sites for hydroxylation is 2. The van der Waals surface area contributed by atoms with Crippen molar-refractivity contribution in [1.29, 1.82) is 0 Å². The summed E-state index contributed by atoms with van der Waals surface area (Å²) in [4.78, 5) is 0. The summed E-state index contributed by atoms with van der Waals surface area (Å²) in [5, 5.41) is 0. The second kappa shape index (κ2) is 6.24. The molecule has 2 aromatic carbocycles. The molecule has 0 saturated carbocycles. The molecule has 5 nitrogen and oxygen atoms in total. The van der Waals surface area contributed by atoms with Gasteiger partial charge in [0.1, 0.15) is 11.5 Å². The second-order valence-electron chi connectivity index (χ2n) is 5.24. The van der Waals surface area contributed by atoms with E-state index in [2.05, 4.69) is 0 Å². The average molecular weight is 286 g/mol. The van der Waals surface area contributed by atoms with Gasteiger partial charge in [-0.1, -0.05) is 23.3 Å². The summed E-state index contributed by atoms with van der Waals surface area (Å²) in [7, 11) is 0. The van der Waals surface area contributed by atoms with Crippen LogP contribution in [-0.2, 0) is 0 Å². The molecule has 0 aromatic heterocycles. The van der Waals surface area contributed by atoms with Crippen LogP contribution in [-0.4, -0.2) is 0 Å². The minimum Gasteiger partial charge on any atom is -0.457 e. The quantitative estimate of drug-likeness (QED) is 0.641. The summed E-state index contributed by atoms with van der Waals surface area (Å²) in [6, 6.07) is 11.4. The molecule has 0 unspecified atom stereocenters. The van der Waals surface area contributed by atoms with Gasteiger partial charge in [0, 0.05) is 11.1 Å². The Morgan fingerprint density at radius 1 is 0.714 bits per heavy atom. The van der Waals surface area contributed by atoms with E-state index in [9.17, 15) is 0 Å². The van der Waals surface area contributed by atoms with E-state index >= 15 is 0 Å². The van der Waals surface area contributed by atoms with Crippen molar-refractivity contribution in [3.05, 3.63) is 58.7 Å². The number of rotatable bonds is 4. The molecule has 0 fully saturated rings. The zero-order valence-electron chi connectivity index (χ0n) is 12.3. The lowest BCUT2D eigenvalue weighted by atomic mass is 10.1. The Kier molecular flexibility index (Phi) is 4.59. The molecule has 0 bridgehead atoms. The lowest BCUT2D eigenvalue weighted by Crippen LogP contribution is -2.22. The van der Waals surface area contributed by atoms with E-state index in [-0.39, 0.29) is 0 Å². The van der Waals surface area contributed by atoms with Gasteiger partial charge in [-0.2, -0.15) is 0 Å². The Hall–Kier alpha value is -1.92. The molecule has 21 heavy (non-hydrogen) atoms. The number of benzene rings is 2. The van der Waals surface area contributed by atoms with Gasteiger partial charge >= 0.3 is 0 Å². The largest absolute Gasteiger partial charge is 0.457 e. The summed E-state index contributed by atoms with van der Waals surface area (Å²) in [5.74, 6) is 1.22. The molecule has 0 aliphatic rings. The maximum Gasteiger partial charge on any atom is 0.133 e. The van der Waals surface area contributed by atoms with Crippen LogP contribution in [0.3, 0.4) is 0 Å². The number of ether oxygens (including phenoxy) is 1. The van der Waals surface area contributed by atoms with Gasteiger partial charge in [0.05, 0.1) is 12.3 Å². The van der Waals surface area contributed by atoms with Gasteiger partial charge in [-0.3, -0.25) is 0 Å². The van der Waals surface area contributed by atoms with E-state index in [1.54, 1.807) is 0 Å². The third-order valence-corrected chi connectivity index (χ3v) is 3.27. The summed E-state index contributed by atoms with van der Waals surface area (Å²) in [5.41, 5.74) is 26.9. The molecule has 0 saturated heterocycles. The minimum absolute atomic E-state index is 0.611. The highest BCUT2D eigenvalue weighted by atomic mass is 16.5. The highest BCUT2D eigenvalue weighted by molar-refractivity contribution is 5.45. The van der Waals surface area contributed by atoms with Crippen molar-refractivity contribution in [1.82, 2.24) is 0 Å².